The SMILES string of the molecule is C=C(C)C(=O)Oc1ccc(C(=O)Oc2ccc([S+](c3ccccc3)c3ccccc3)cc2)cc1.C=Cc1ccc(C(=O)Oc2ccc([S+](c3ccccc3)c3ccccc3)cc2)c2ccccc12.C=Cc1ccc(C(=O)Oc2ccc([S+](c3ccccc3)c3ccccc3)cc2)cc1.C=Cc1ccc([S+](c2ccccc2)c2ccccc2)cc1.[CH3+].[CH3+].[CH3+].[CH3+]. The molecule has 16 aromatic rings. The van der Waals surface area contributed by atoms with Crippen molar-refractivity contribution in [3.8, 4) is 23.0 Å². The summed E-state index contributed by atoms with van der Waals surface area (Å²) in [6.07, 6.45) is 5.42. The fourth-order valence-corrected chi connectivity index (χ4v) is 20.9. The van der Waals surface area contributed by atoms with Crippen LogP contribution in [0.2, 0.25) is 0 Å². The lowest BCUT2D eigenvalue weighted by Crippen LogP contribution is -2.10. The molecule has 12 heteroatoms. The van der Waals surface area contributed by atoms with Crippen molar-refractivity contribution < 1.29 is 38.1 Å². The Balaban J connectivity index is 0.000000186. The molecule has 604 valence electrons. The minimum atomic E-state index is -0.513. The highest BCUT2D eigenvalue weighted by Crippen LogP contribution is 2.37. The van der Waals surface area contributed by atoms with Gasteiger partial charge in [0.25, 0.3) is 0 Å². The number of carbonyl (C=O) groups is 4. The summed E-state index contributed by atoms with van der Waals surface area (Å²) in [5.41, 5.74) is 4.82. The van der Waals surface area contributed by atoms with Crippen molar-refractivity contribution in [2.45, 2.75) is 65.7 Å². The van der Waals surface area contributed by atoms with Crippen molar-refractivity contribution in [3.63, 3.8) is 0 Å². The molecule has 0 spiro atoms. The number of hydrogen-bond acceptors (Lipinski definition) is 8. The van der Waals surface area contributed by atoms with Gasteiger partial charge in [0.15, 0.2) is 58.7 Å². The van der Waals surface area contributed by atoms with Crippen LogP contribution in [-0.2, 0) is 48.4 Å². The van der Waals surface area contributed by atoms with Gasteiger partial charge in [-0.05, 0) is 271 Å². The Morgan fingerprint density at radius 1 is 0.236 bits per heavy atom. The topological polar surface area (TPSA) is 105 Å². The molecule has 0 saturated carbocycles. The van der Waals surface area contributed by atoms with Crippen LogP contribution in [0.1, 0.15) is 54.7 Å². The van der Waals surface area contributed by atoms with Crippen molar-refractivity contribution in [2.24, 2.45) is 0 Å². The zero-order valence-corrected chi connectivity index (χ0v) is 72.6. The summed E-state index contributed by atoms with van der Waals surface area (Å²) in [6, 6.07) is 141. The van der Waals surface area contributed by atoms with E-state index in [0.29, 0.717) is 45.3 Å². The van der Waals surface area contributed by atoms with E-state index in [9.17, 15) is 19.2 Å². The van der Waals surface area contributed by atoms with Crippen LogP contribution in [0.3, 0.4) is 0 Å². The first-order valence-corrected chi connectivity index (χ1v) is 43.2. The molecular formula is C111H96O8S4+8. The Morgan fingerprint density at radius 2 is 0.455 bits per heavy atom. The summed E-state index contributed by atoms with van der Waals surface area (Å²) < 4.78 is 22.0. The second kappa shape index (κ2) is 46.7. The summed E-state index contributed by atoms with van der Waals surface area (Å²) in [5.74, 6) is 0.0970. The Kier molecular flexibility index (Phi) is 35.1. The van der Waals surface area contributed by atoms with Crippen molar-refractivity contribution in [1.29, 1.82) is 0 Å². The highest BCUT2D eigenvalue weighted by atomic mass is 32.2. The molecule has 16 rings (SSSR count). The van der Waals surface area contributed by atoms with E-state index in [2.05, 4.69) is 233 Å². The minimum absolute atomic E-state index is 0. The fourth-order valence-electron chi connectivity index (χ4n) is 12.5. The molecule has 8 nitrogen and oxygen atoms in total. The van der Waals surface area contributed by atoms with Crippen LogP contribution in [0.5, 0.6) is 23.0 Å². The summed E-state index contributed by atoms with van der Waals surface area (Å²) in [4.78, 5) is 64.5. The van der Waals surface area contributed by atoms with Gasteiger partial charge in [0.2, 0.25) is 0 Å². The van der Waals surface area contributed by atoms with E-state index in [4.69, 9.17) is 18.9 Å². The Morgan fingerprint density at radius 3 is 0.724 bits per heavy atom. The average molecular weight is 1690 g/mol. The molecule has 0 aliphatic heterocycles. The maximum Gasteiger partial charge on any atom is 0.344 e. The van der Waals surface area contributed by atoms with E-state index >= 15 is 0 Å². The number of carbonyl (C=O) groups excluding carboxylic acids is 4. The molecule has 0 saturated heterocycles. The normalized spacial score (nSPS) is 10.3. The number of rotatable bonds is 23. The van der Waals surface area contributed by atoms with Gasteiger partial charge in [0.1, 0.15) is 23.0 Å². The van der Waals surface area contributed by atoms with Gasteiger partial charge in [-0.3, -0.25) is 0 Å². The van der Waals surface area contributed by atoms with Crippen LogP contribution in [-0.4, -0.2) is 23.9 Å². The molecule has 0 bridgehead atoms. The first-order chi connectivity index (χ1) is 58.4. The van der Waals surface area contributed by atoms with E-state index in [1.54, 1.807) is 61.5 Å². The summed E-state index contributed by atoms with van der Waals surface area (Å²) >= 11 is 0. The second-order valence-electron chi connectivity index (χ2n) is 26.6. The van der Waals surface area contributed by atoms with Gasteiger partial charge in [-0.25, -0.2) is 19.2 Å². The van der Waals surface area contributed by atoms with E-state index < -0.39 is 11.9 Å². The Hall–Kier alpha value is -14.5. The first-order valence-electron chi connectivity index (χ1n) is 38.3. The van der Waals surface area contributed by atoms with Gasteiger partial charge in [-0.2, -0.15) is 0 Å². The summed E-state index contributed by atoms with van der Waals surface area (Å²) in [7, 11) is -0.799. The molecule has 0 aliphatic carbocycles. The quantitative estimate of drug-likeness (QED) is 0.0205. The molecule has 0 amide bonds. The third kappa shape index (κ3) is 24.8. The van der Waals surface area contributed by atoms with Gasteiger partial charge in [0, 0.05) is 35.3 Å². The number of hydrogen-bond donors (Lipinski definition) is 0. The van der Waals surface area contributed by atoms with Crippen LogP contribution in [0.15, 0.2) is 515 Å². The number of ether oxygens (including phenoxy) is 4. The molecule has 0 aromatic heterocycles. The van der Waals surface area contributed by atoms with Gasteiger partial charge < -0.3 is 18.9 Å². The zero-order chi connectivity index (χ0) is 82.5. The van der Waals surface area contributed by atoms with Crippen molar-refractivity contribution >= 4 is 96.5 Å². The fraction of sp³-hybridized carbons (Fsp3) is 0.00901. The highest BCUT2D eigenvalue weighted by Gasteiger charge is 2.33. The van der Waals surface area contributed by atoms with Crippen molar-refractivity contribution in [3.05, 3.63) is 520 Å². The first kappa shape index (κ1) is 92.4. The van der Waals surface area contributed by atoms with Crippen molar-refractivity contribution in [1.82, 2.24) is 0 Å². The second-order valence-corrected chi connectivity index (χ2v) is 34.7. The molecular weight excluding hydrogens is 1590 g/mol. The average Bonchev–Trinajstić information content (AvgIpc) is 0.747. The largest absolute Gasteiger partial charge is 0.423 e. The van der Waals surface area contributed by atoms with E-state index in [1.807, 2.05) is 182 Å². The smallest absolute Gasteiger partial charge is 0.344 e. The number of esters is 4. The van der Waals surface area contributed by atoms with Crippen molar-refractivity contribution in [2.75, 3.05) is 0 Å². The van der Waals surface area contributed by atoms with Crippen LogP contribution in [0, 0.1) is 29.7 Å². The lowest BCUT2D eigenvalue weighted by molar-refractivity contribution is -0.130. The standard InChI is InChI=1S/C31H23O2S.C29H23O4S.C27H21O2S.C20H17S.4CH3/c1-2-23-17-22-30(29-16-10-9-15-28(23)29)31(32)33-24-18-20-27(21-19-24)34(25-11-5-3-6-12-25)26-13-7-4-8-14-26;1-21(2)28(30)32-23-15-13-22(14-16-23)29(31)33-24-17-19-27(20-18-24)34(25-9-5-3-6-10-25)26-11-7-4-8-12-26;1-2-21-13-15-22(16-14-21)27(28)29-23-17-19-26(20-18-23)30(24-9-5-3-6-10-24)25-11-7-4-8-12-25;1-2-17-13-15-20(16-14-17)21(18-9-5-3-6-10-18)19-11-7-4-8-12-19;;;;/h2-22H,1H2;3-20H,1H2,2H3;2-20H,1H2;2-16H,1H2;4*1H3/q8*+1. The summed E-state index contributed by atoms with van der Waals surface area (Å²) in [5, 5.41) is 1.84. The number of fused-ring (bicyclic) bond motifs is 1. The van der Waals surface area contributed by atoms with E-state index in [0.717, 1.165) is 37.3 Å². The van der Waals surface area contributed by atoms with Gasteiger partial charge in [-0.1, -0.05) is 233 Å². The lowest BCUT2D eigenvalue weighted by Gasteiger charge is -2.10. The molecule has 0 N–H and O–H groups in total. The Bertz CT molecular complexity index is 5880. The van der Waals surface area contributed by atoms with E-state index in [1.165, 1.54) is 49.0 Å². The van der Waals surface area contributed by atoms with Crippen LogP contribution in [0.25, 0.3) is 29.0 Å². The summed E-state index contributed by atoms with van der Waals surface area (Å²) in [6.45, 7) is 16.5. The minimum Gasteiger partial charge on any atom is -0.423 e. The molecule has 123 heavy (non-hydrogen) atoms. The number of benzene rings is 16. The van der Waals surface area contributed by atoms with Gasteiger partial charge in [0.05, 0.1) is 60.3 Å². The van der Waals surface area contributed by atoms with E-state index in [-0.39, 0.29) is 85.2 Å². The third-order valence-corrected chi connectivity index (χ3v) is 27.3. The molecule has 16 aromatic carbocycles. The maximum absolute atomic E-state index is 13.0. The monoisotopic (exact) mass is 1680 g/mol. The van der Waals surface area contributed by atoms with Crippen LogP contribution < -0.4 is 18.9 Å². The van der Waals surface area contributed by atoms with Gasteiger partial charge in [-0.15, -0.1) is 0 Å². The predicted molar refractivity (Wildman–Crippen MR) is 514 cm³/mol. The molecule has 0 radical (unpaired) electrons. The van der Waals surface area contributed by atoms with Gasteiger partial charge >= 0.3 is 23.9 Å². The molecule has 0 unspecified atom stereocenters. The molecule has 0 fully saturated rings. The molecule has 0 atom stereocenters. The molecule has 0 aliphatic rings. The highest BCUT2D eigenvalue weighted by molar-refractivity contribution is 7.98. The predicted octanol–water partition coefficient (Wildman–Crippen LogP) is 28.2. The van der Waals surface area contributed by atoms with Crippen LogP contribution >= 0.6 is 0 Å². The van der Waals surface area contributed by atoms with Crippen LogP contribution in [0.4, 0.5) is 0 Å². The Labute approximate surface area is 737 Å². The molecule has 0 heterocycles. The maximum atomic E-state index is 13.0. The lowest BCUT2D eigenvalue weighted by atomic mass is 9.99. The third-order valence-electron chi connectivity index (χ3n) is 18.4. The zero-order valence-electron chi connectivity index (χ0n) is 69.4.